The molecule has 0 saturated carbocycles. The molecule has 1 aromatic heterocycles. The number of H-pyrrole nitrogens is 1. The van der Waals surface area contributed by atoms with Gasteiger partial charge in [-0.2, -0.15) is 13.2 Å². The number of sulfone groups is 1. The van der Waals surface area contributed by atoms with Crippen LogP contribution in [-0.4, -0.2) is 35.3 Å². The van der Waals surface area contributed by atoms with Crippen LogP contribution in [0, 0.1) is 0 Å². The number of nitrogens with zero attached hydrogens (tertiary/aromatic N) is 1. The minimum Gasteiger partial charge on any atom is -0.486 e. The Bertz CT molecular complexity index is 1410. The van der Waals surface area contributed by atoms with Crippen LogP contribution in [0.2, 0.25) is 0 Å². The van der Waals surface area contributed by atoms with E-state index < -0.39 is 27.7 Å². The minimum atomic E-state index is -4.41. The molecule has 0 spiro atoms. The van der Waals surface area contributed by atoms with E-state index in [9.17, 15) is 26.7 Å². The van der Waals surface area contributed by atoms with E-state index in [1.165, 1.54) is 25.1 Å². The molecule has 0 aliphatic rings. The fraction of sp³-hybridized carbons (Fsp3) is 0.208. The van der Waals surface area contributed by atoms with Gasteiger partial charge in [0.05, 0.1) is 33.3 Å². The fourth-order valence-corrected chi connectivity index (χ4v) is 5.19. The number of hydrogen-bond donors (Lipinski definition) is 2. The molecule has 0 bridgehead atoms. The smallest absolute Gasteiger partial charge is 0.416 e. The summed E-state index contributed by atoms with van der Waals surface area (Å²) in [5.74, 6) is 0.341. The van der Waals surface area contributed by atoms with Crippen LogP contribution < -0.4 is 4.74 Å². The zero-order valence-corrected chi connectivity index (χ0v) is 18.8. The molecule has 0 amide bonds. The number of aromatic nitrogens is 2. The van der Waals surface area contributed by atoms with E-state index >= 15 is 0 Å². The molecule has 178 valence electrons. The summed E-state index contributed by atoms with van der Waals surface area (Å²) in [4.78, 5) is 7.67. The summed E-state index contributed by atoms with van der Waals surface area (Å²) in [7, 11) is -3.71. The molecular formula is C24H21F3N2O4S. The van der Waals surface area contributed by atoms with Gasteiger partial charge in [0, 0.05) is 5.56 Å². The molecule has 6 nitrogen and oxygen atoms in total. The van der Waals surface area contributed by atoms with Gasteiger partial charge in [0.15, 0.2) is 9.84 Å². The highest BCUT2D eigenvalue weighted by Crippen LogP contribution is 2.31. The molecule has 0 aliphatic heterocycles. The van der Waals surface area contributed by atoms with Crippen LogP contribution in [0.25, 0.3) is 22.2 Å². The maximum atomic E-state index is 12.7. The summed E-state index contributed by atoms with van der Waals surface area (Å²) in [6.07, 6.45) is -5.41. The molecule has 2 N–H and O–H groups in total. The molecular weight excluding hydrogens is 469 g/mol. The number of benzene rings is 3. The van der Waals surface area contributed by atoms with Crippen molar-refractivity contribution in [1.29, 1.82) is 0 Å². The second-order valence-corrected chi connectivity index (χ2v) is 9.86. The molecule has 4 aromatic rings. The van der Waals surface area contributed by atoms with E-state index in [0.717, 1.165) is 12.1 Å². The Labute approximate surface area is 194 Å². The lowest BCUT2D eigenvalue weighted by Crippen LogP contribution is -2.18. The molecule has 0 radical (unpaired) electrons. The second-order valence-electron chi connectivity index (χ2n) is 7.85. The summed E-state index contributed by atoms with van der Waals surface area (Å²) in [6.45, 7) is 1.43. The molecule has 4 rings (SSSR count). The van der Waals surface area contributed by atoms with Gasteiger partial charge >= 0.3 is 6.18 Å². The molecule has 1 atom stereocenters. The number of aromatic amines is 1. The minimum absolute atomic E-state index is 0.00866. The zero-order valence-electron chi connectivity index (χ0n) is 18.0. The van der Waals surface area contributed by atoms with Crippen LogP contribution in [0.5, 0.6) is 5.75 Å². The Morgan fingerprint density at radius 2 is 1.76 bits per heavy atom. The third-order valence-electron chi connectivity index (χ3n) is 5.08. The lowest BCUT2D eigenvalue weighted by molar-refractivity contribution is -0.137. The van der Waals surface area contributed by atoms with Crippen molar-refractivity contribution in [1.82, 2.24) is 9.97 Å². The maximum Gasteiger partial charge on any atom is 0.416 e. The first-order valence-corrected chi connectivity index (χ1v) is 12.0. The summed E-state index contributed by atoms with van der Waals surface area (Å²) < 4.78 is 69.1. The predicted molar refractivity (Wildman–Crippen MR) is 121 cm³/mol. The number of aliphatic hydroxyl groups is 1. The van der Waals surface area contributed by atoms with Gasteiger partial charge < -0.3 is 14.8 Å². The first-order chi connectivity index (χ1) is 16.0. The van der Waals surface area contributed by atoms with E-state index in [0.29, 0.717) is 28.0 Å². The number of imidazole rings is 1. The largest absolute Gasteiger partial charge is 0.486 e. The zero-order chi connectivity index (χ0) is 24.5. The Hall–Kier alpha value is -3.37. The summed E-state index contributed by atoms with van der Waals surface area (Å²) in [6, 6.07) is 16.2. The maximum absolute atomic E-state index is 12.7. The lowest BCUT2D eigenvalue weighted by atomic mass is 10.1. The van der Waals surface area contributed by atoms with Crippen LogP contribution >= 0.6 is 0 Å². The molecule has 0 saturated heterocycles. The lowest BCUT2D eigenvalue weighted by Gasteiger charge is -2.12. The van der Waals surface area contributed by atoms with Crippen molar-refractivity contribution in [3.8, 4) is 16.9 Å². The van der Waals surface area contributed by atoms with Gasteiger partial charge in [0.1, 0.15) is 18.2 Å². The van der Waals surface area contributed by atoms with Crippen molar-refractivity contribution >= 4 is 20.9 Å². The number of nitrogens with one attached hydrogen (secondary N) is 1. The first kappa shape index (κ1) is 23.8. The summed E-state index contributed by atoms with van der Waals surface area (Å²) in [5, 5.41) is 9.58. The van der Waals surface area contributed by atoms with Gasteiger partial charge in [0.25, 0.3) is 0 Å². The topological polar surface area (TPSA) is 92.3 Å². The molecule has 1 heterocycles. The Kier molecular flexibility index (Phi) is 6.37. The second kappa shape index (κ2) is 9.11. The van der Waals surface area contributed by atoms with Gasteiger partial charge in [-0.3, -0.25) is 0 Å². The highest BCUT2D eigenvalue weighted by Gasteiger charge is 2.30. The van der Waals surface area contributed by atoms with Crippen molar-refractivity contribution in [3.05, 3.63) is 78.1 Å². The van der Waals surface area contributed by atoms with Gasteiger partial charge in [-0.15, -0.1) is 0 Å². The molecule has 0 aliphatic carbocycles. The van der Waals surface area contributed by atoms with E-state index in [2.05, 4.69) is 9.97 Å². The molecule has 34 heavy (non-hydrogen) atoms. The van der Waals surface area contributed by atoms with Crippen LogP contribution in [0.3, 0.4) is 0 Å². The highest BCUT2D eigenvalue weighted by molar-refractivity contribution is 7.91. The van der Waals surface area contributed by atoms with Crippen molar-refractivity contribution in [2.45, 2.75) is 30.7 Å². The summed E-state index contributed by atoms with van der Waals surface area (Å²) in [5.41, 5.74) is 1.65. The molecule has 3 aromatic carbocycles. The average molecular weight is 491 g/mol. The van der Waals surface area contributed by atoms with Crippen LogP contribution in [0.4, 0.5) is 13.2 Å². The van der Waals surface area contributed by atoms with E-state index in [4.69, 9.17) is 4.74 Å². The van der Waals surface area contributed by atoms with Gasteiger partial charge in [-0.1, -0.05) is 24.3 Å². The third kappa shape index (κ3) is 5.23. The quantitative estimate of drug-likeness (QED) is 0.381. The number of halogens is 3. The SMILES string of the molecule is CC(O)CS(=O)(=O)c1ccccc1-c1ccc2[nH]c(COc3ccc(C(F)(F)F)cc3)nc2c1. The molecule has 0 fully saturated rings. The van der Waals surface area contributed by atoms with E-state index in [1.54, 1.807) is 36.4 Å². The normalized spacial score (nSPS) is 13.2. The van der Waals surface area contributed by atoms with Gasteiger partial charge in [0.2, 0.25) is 0 Å². The van der Waals surface area contributed by atoms with Crippen LogP contribution in [0.1, 0.15) is 18.3 Å². The predicted octanol–water partition coefficient (Wildman–Crippen LogP) is 4.98. The number of rotatable bonds is 7. The van der Waals surface area contributed by atoms with E-state index in [-0.39, 0.29) is 23.0 Å². The molecule has 10 heteroatoms. The number of alkyl halides is 3. The highest BCUT2D eigenvalue weighted by atomic mass is 32.2. The monoisotopic (exact) mass is 490 g/mol. The van der Waals surface area contributed by atoms with Crippen molar-refractivity contribution < 1.29 is 31.4 Å². The van der Waals surface area contributed by atoms with Crippen LogP contribution in [0.15, 0.2) is 71.6 Å². The summed E-state index contributed by atoms with van der Waals surface area (Å²) >= 11 is 0. The number of hydrogen-bond acceptors (Lipinski definition) is 5. The van der Waals surface area contributed by atoms with Crippen molar-refractivity contribution in [2.75, 3.05) is 5.75 Å². The average Bonchev–Trinajstić information content (AvgIpc) is 3.19. The number of aliphatic hydroxyl groups excluding tert-OH is 1. The third-order valence-corrected chi connectivity index (χ3v) is 7.03. The Morgan fingerprint density at radius 3 is 2.44 bits per heavy atom. The standard InChI is InChI=1S/C24H21F3N2O4S/c1-15(30)14-34(31,32)22-5-3-2-4-19(22)16-6-11-20-21(12-16)29-23(28-20)13-33-18-9-7-17(8-10-18)24(25,26)27/h2-12,15,30H,13-14H2,1H3,(H,28,29). The Morgan fingerprint density at radius 1 is 1.06 bits per heavy atom. The van der Waals surface area contributed by atoms with Gasteiger partial charge in [-0.25, -0.2) is 13.4 Å². The first-order valence-electron chi connectivity index (χ1n) is 10.3. The van der Waals surface area contributed by atoms with Crippen molar-refractivity contribution in [2.24, 2.45) is 0 Å². The van der Waals surface area contributed by atoms with Crippen LogP contribution in [-0.2, 0) is 22.6 Å². The van der Waals surface area contributed by atoms with E-state index in [1.807, 2.05) is 0 Å². The Balaban J connectivity index is 1.57. The van der Waals surface area contributed by atoms with Crippen molar-refractivity contribution in [3.63, 3.8) is 0 Å². The number of ether oxygens (including phenoxy) is 1. The molecule has 1 unspecified atom stereocenters. The van der Waals surface area contributed by atoms with Gasteiger partial charge in [-0.05, 0) is 55.0 Å². The fourth-order valence-electron chi connectivity index (χ4n) is 3.57. The number of fused-ring (bicyclic) bond motifs is 1.